The fourth-order valence-corrected chi connectivity index (χ4v) is 2.91. The first-order valence-corrected chi connectivity index (χ1v) is 6.86. The van der Waals surface area contributed by atoms with Crippen molar-refractivity contribution in [3.8, 4) is 11.5 Å². The normalized spacial score (nSPS) is 19.3. The molecule has 1 heterocycles. The van der Waals surface area contributed by atoms with Crippen molar-refractivity contribution < 1.29 is 10.2 Å². The van der Waals surface area contributed by atoms with Gasteiger partial charge in [-0.1, -0.05) is 26.8 Å². The van der Waals surface area contributed by atoms with Crippen LogP contribution in [0.5, 0.6) is 11.5 Å². The largest absolute Gasteiger partial charge is 0.508 e. The Bertz CT molecular complexity index is 434. The molecule has 0 amide bonds. The van der Waals surface area contributed by atoms with Crippen LogP contribution >= 0.6 is 0 Å². The molecular formula is C15H24N2O2. The van der Waals surface area contributed by atoms with Gasteiger partial charge in [0.25, 0.3) is 0 Å². The smallest absolute Gasteiger partial charge is 0.124 e. The van der Waals surface area contributed by atoms with Crippen LogP contribution in [-0.4, -0.2) is 41.3 Å². The average molecular weight is 264 g/mol. The molecule has 1 fully saturated rings. The van der Waals surface area contributed by atoms with E-state index >= 15 is 0 Å². The first-order chi connectivity index (χ1) is 8.89. The minimum atomic E-state index is 0.0196. The third-order valence-electron chi connectivity index (χ3n) is 3.65. The molecule has 1 aromatic rings. The monoisotopic (exact) mass is 264 g/mol. The number of nitrogens with one attached hydrogen (secondary N) is 1. The van der Waals surface area contributed by atoms with Crippen LogP contribution in [-0.2, 0) is 0 Å². The topological polar surface area (TPSA) is 55.7 Å². The van der Waals surface area contributed by atoms with Crippen LogP contribution in [0.4, 0.5) is 0 Å². The fourth-order valence-electron chi connectivity index (χ4n) is 2.91. The van der Waals surface area contributed by atoms with E-state index in [0.717, 1.165) is 31.7 Å². The number of rotatable bonds is 2. The molecule has 1 atom stereocenters. The second kappa shape index (κ2) is 5.39. The van der Waals surface area contributed by atoms with Gasteiger partial charge in [-0.25, -0.2) is 0 Å². The van der Waals surface area contributed by atoms with Gasteiger partial charge in [-0.15, -0.1) is 0 Å². The van der Waals surface area contributed by atoms with E-state index in [-0.39, 0.29) is 23.0 Å². The second-order valence-electron chi connectivity index (χ2n) is 6.30. The lowest BCUT2D eigenvalue weighted by atomic mass is 9.80. The van der Waals surface area contributed by atoms with Crippen molar-refractivity contribution in [2.45, 2.75) is 26.8 Å². The number of benzene rings is 1. The highest BCUT2D eigenvalue weighted by Crippen LogP contribution is 2.42. The van der Waals surface area contributed by atoms with Crippen LogP contribution in [0, 0.1) is 5.41 Å². The quantitative estimate of drug-likeness (QED) is 0.765. The van der Waals surface area contributed by atoms with E-state index in [4.69, 9.17) is 0 Å². The first-order valence-electron chi connectivity index (χ1n) is 6.86. The van der Waals surface area contributed by atoms with Crippen molar-refractivity contribution in [1.29, 1.82) is 0 Å². The van der Waals surface area contributed by atoms with Crippen LogP contribution in [0.25, 0.3) is 0 Å². The minimum absolute atomic E-state index is 0.0196. The summed E-state index contributed by atoms with van der Waals surface area (Å²) in [5, 5.41) is 23.0. The first kappa shape index (κ1) is 14.2. The van der Waals surface area contributed by atoms with Gasteiger partial charge in [0.05, 0.1) is 0 Å². The molecule has 2 rings (SSSR count). The third-order valence-corrected chi connectivity index (χ3v) is 3.65. The molecule has 0 radical (unpaired) electrons. The molecule has 1 saturated heterocycles. The Balaban J connectivity index is 2.36. The zero-order chi connectivity index (χ0) is 14.0. The summed E-state index contributed by atoms with van der Waals surface area (Å²) < 4.78 is 0. The summed E-state index contributed by atoms with van der Waals surface area (Å²) in [7, 11) is 0. The molecule has 0 aromatic heterocycles. The summed E-state index contributed by atoms with van der Waals surface area (Å²) in [6.45, 7) is 10.5. The molecule has 0 saturated carbocycles. The molecule has 106 valence electrons. The van der Waals surface area contributed by atoms with E-state index in [1.54, 1.807) is 6.07 Å². The zero-order valence-corrected chi connectivity index (χ0v) is 12.0. The maximum atomic E-state index is 10.2. The maximum absolute atomic E-state index is 10.2. The van der Waals surface area contributed by atoms with Gasteiger partial charge in [0, 0.05) is 43.9 Å². The molecule has 19 heavy (non-hydrogen) atoms. The van der Waals surface area contributed by atoms with Gasteiger partial charge in [0.2, 0.25) is 0 Å². The molecule has 0 aliphatic carbocycles. The van der Waals surface area contributed by atoms with Gasteiger partial charge in [0.15, 0.2) is 0 Å². The summed E-state index contributed by atoms with van der Waals surface area (Å²) in [5.74, 6) is 0.285. The van der Waals surface area contributed by atoms with Crippen LogP contribution in [0.3, 0.4) is 0 Å². The Hall–Kier alpha value is -1.26. The van der Waals surface area contributed by atoms with Gasteiger partial charge in [0.1, 0.15) is 11.5 Å². The molecule has 1 aliphatic rings. The van der Waals surface area contributed by atoms with E-state index in [2.05, 4.69) is 31.0 Å². The SMILES string of the molecule is CC(C)(C)[C@@H](c1ccc(O)cc1O)N1CCNCC1. The van der Waals surface area contributed by atoms with Crippen molar-refractivity contribution in [1.82, 2.24) is 10.2 Å². The van der Waals surface area contributed by atoms with E-state index in [9.17, 15) is 10.2 Å². The lowest BCUT2D eigenvalue weighted by Gasteiger charge is -2.42. The fraction of sp³-hybridized carbons (Fsp3) is 0.600. The van der Waals surface area contributed by atoms with Crippen LogP contribution in [0.1, 0.15) is 32.4 Å². The van der Waals surface area contributed by atoms with Crippen molar-refractivity contribution in [3.05, 3.63) is 23.8 Å². The lowest BCUT2D eigenvalue weighted by Crippen LogP contribution is -2.48. The number of hydrogen-bond acceptors (Lipinski definition) is 4. The molecule has 0 bridgehead atoms. The Morgan fingerprint density at radius 2 is 1.79 bits per heavy atom. The van der Waals surface area contributed by atoms with Gasteiger partial charge >= 0.3 is 0 Å². The Morgan fingerprint density at radius 1 is 1.16 bits per heavy atom. The Kier molecular flexibility index (Phi) is 4.02. The molecule has 1 aromatic carbocycles. The van der Waals surface area contributed by atoms with Gasteiger partial charge < -0.3 is 15.5 Å². The molecule has 3 N–H and O–H groups in total. The second-order valence-corrected chi connectivity index (χ2v) is 6.30. The molecule has 4 nitrogen and oxygen atoms in total. The molecule has 4 heteroatoms. The molecule has 0 spiro atoms. The van der Waals surface area contributed by atoms with Crippen molar-refractivity contribution in [2.75, 3.05) is 26.2 Å². The molecule has 0 unspecified atom stereocenters. The van der Waals surface area contributed by atoms with E-state index in [1.807, 2.05) is 6.07 Å². The average Bonchev–Trinajstić information content (AvgIpc) is 2.32. The molecular weight excluding hydrogens is 240 g/mol. The van der Waals surface area contributed by atoms with E-state index in [0.29, 0.717) is 0 Å². The van der Waals surface area contributed by atoms with E-state index < -0.39 is 0 Å². The van der Waals surface area contributed by atoms with Crippen LogP contribution in [0.15, 0.2) is 18.2 Å². The van der Waals surface area contributed by atoms with Crippen molar-refractivity contribution in [2.24, 2.45) is 5.41 Å². The minimum Gasteiger partial charge on any atom is -0.508 e. The predicted molar refractivity (Wildman–Crippen MR) is 76.4 cm³/mol. The number of phenolic OH excluding ortho intramolecular Hbond substituents is 2. The number of aromatic hydroxyl groups is 2. The van der Waals surface area contributed by atoms with Crippen molar-refractivity contribution in [3.63, 3.8) is 0 Å². The summed E-state index contributed by atoms with van der Waals surface area (Å²) in [6, 6.07) is 5.06. The third kappa shape index (κ3) is 3.19. The number of phenols is 2. The van der Waals surface area contributed by atoms with Crippen LogP contribution < -0.4 is 5.32 Å². The van der Waals surface area contributed by atoms with E-state index in [1.165, 1.54) is 6.07 Å². The summed E-state index contributed by atoms with van der Waals surface area (Å²) in [5.41, 5.74) is 0.915. The summed E-state index contributed by atoms with van der Waals surface area (Å²) >= 11 is 0. The summed E-state index contributed by atoms with van der Waals surface area (Å²) in [6.07, 6.45) is 0. The number of piperazine rings is 1. The predicted octanol–water partition coefficient (Wildman–Crippen LogP) is 2.09. The van der Waals surface area contributed by atoms with Crippen LogP contribution in [0.2, 0.25) is 0 Å². The number of hydrogen-bond donors (Lipinski definition) is 3. The highest BCUT2D eigenvalue weighted by molar-refractivity contribution is 5.41. The maximum Gasteiger partial charge on any atom is 0.124 e. The standard InChI is InChI=1S/C15H24N2O2/c1-15(2,3)14(17-8-6-16-7-9-17)12-5-4-11(18)10-13(12)19/h4-5,10,14,16,18-19H,6-9H2,1-3H3/t14-/m1/s1. The molecule has 1 aliphatic heterocycles. The van der Waals surface area contributed by atoms with Gasteiger partial charge in [-0.2, -0.15) is 0 Å². The zero-order valence-electron chi connectivity index (χ0n) is 12.0. The van der Waals surface area contributed by atoms with Gasteiger partial charge in [-0.3, -0.25) is 4.90 Å². The van der Waals surface area contributed by atoms with Crippen molar-refractivity contribution >= 4 is 0 Å². The lowest BCUT2D eigenvalue weighted by molar-refractivity contribution is 0.0842. The number of nitrogens with zero attached hydrogens (tertiary/aromatic N) is 1. The Labute approximate surface area is 115 Å². The summed E-state index contributed by atoms with van der Waals surface area (Å²) in [4.78, 5) is 2.41. The Morgan fingerprint density at radius 3 is 2.32 bits per heavy atom. The highest BCUT2D eigenvalue weighted by atomic mass is 16.3. The van der Waals surface area contributed by atoms with Gasteiger partial charge in [-0.05, 0) is 11.5 Å². The highest BCUT2D eigenvalue weighted by Gasteiger charge is 2.34.